The summed E-state index contributed by atoms with van der Waals surface area (Å²) in [5.41, 5.74) is -0.186. The molecule has 19 heavy (non-hydrogen) atoms. The van der Waals surface area contributed by atoms with E-state index in [0.717, 1.165) is 25.0 Å². The normalized spacial score (nSPS) is 14.6. The number of aromatic carboxylic acids is 1. The van der Waals surface area contributed by atoms with Crippen LogP contribution in [0.5, 0.6) is 0 Å². The van der Waals surface area contributed by atoms with Gasteiger partial charge in [0.1, 0.15) is 5.82 Å². The fraction of sp³-hybridized carbons (Fsp3) is 0.385. The Morgan fingerprint density at radius 2 is 2.11 bits per heavy atom. The van der Waals surface area contributed by atoms with Crippen molar-refractivity contribution in [2.75, 3.05) is 11.9 Å². The molecule has 5 nitrogen and oxygen atoms in total. The number of halogens is 1. The second kappa shape index (κ2) is 5.69. The van der Waals surface area contributed by atoms with Crippen LogP contribution in [0, 0.1) is 11.7 Å². The Hall–Kier alpha value is -2.11. The number of rotatable bonds is 4. The molecule has 1 fully saturated rings. The molecule has 1 aliphatic carbocycles. The molecular formula is C13H15FN2O3. The third-order valence-electron chi connectivity index (χ3n) is 3.23. The van der Waals surface area contributed by atoms with E-state index in [-0.39, 0.29) is 5.69 Å². The van der Waals surface area contributed by atoms with Crippen molar-refractivity contribution in [3.05, 3.63) is 29.6 Å². The van der Waals surface area contributed by atoms with Crippen LogP contribution >= 0.6 is 0 Å². The largest absolute Gasteiger partial charge is 0.478 e. The van der Waals surface area contributed by atoms with Crippen molar-refractivity contribution < 1.29 is 19.1 Å². The lowest BCUT2D eigenvalue weighted by Gasteiger charge is -2.25. The molecule has 0 aliphatic heterocycles. The number of urea groups is 1. The number of amides is 2. The molecule has 0 bridgehead atoms. The summed E-state index contributed by atoms with van der Waals surface area (Å²) in [6.45, 7) is 0.613. The maximum absolute atomic E-state index is 13.4. The number of carboxylic acid groups (broad SMARTS) is 1. The van der Waals surface area contributed by atoms with Crippen molar-refractivity contribution in [1.82, 2.24) is 5.32 Å². The predicted octanol–water partition coefficient (Wildman–Crippen LogP) is 2.45. The summed E-state index contributed by atoms with van der Waals surface area (Å²) in [5, 5.41) is 13.8. The van der Waals surface area contributed by atoms with E-state index in [1.54, 1.807) is 0 Å². The third kappa shape index (κ3) is 3.43. The number of anilines is 1. The molecule has 1 saturated carbocycles. The summed E-state index contributed by atoms with van der Waals surface area (Å²) in [6.07, 6.45) is 3.46. The number of benzene rings is 1. The molecule has 6 heteroatoms. The number of carbonyl (C=O) groups excluding carboxylic acids is 1. The first-order valence-electron chi connectivity index (χ1n) is 6.14. The summed E-state index contributed by atoms with van der Waals surface area (Å²) in [6, 6.07) is 3.07. The van der Waals surface area contributed by atoms with E-state index in [9.17, 15) is 14.0 Å². The van der Waals surface area contributed by atoms with Gasteiger partial charge in [0.05, 0.1) is 5.56 Å². The van der Waals surface area contributed by atoms with Gasteiger partial charge >= 0.3 is 12.0 Å². The van der Waals surface area contributed by atoms with Crippen molar-refractivity contribution in [3.8, 4) is 0 Å². The zero-order valence-electron chi connectivity index (χ0n) is 10.3. The van der Waals surface area contributed by atoms with E-state index in [2.05, 4.69) is 10.6 Å². The van der Waals surface area contributed by atoms with Gasteiger partial charge < -0.3 is 15.7 Å². The Morgan fingerprint density at radius 1 is 1.37 bits per heavy atom. The molecule has 1 aromatic rings. The molecule has 2 amide bonds. The van der Waals surface area contributed by atoms with Crippen molar-refractivity contribution in [1.29, 1.82) is 0 Å². The van der Waals surface area contributed by atoms with Crippen molar-refractivity contribution in [2.45, 2.75) is 19.3 Å². The predicted molar refractivity (Wildman–Crippen MR) is 67.7 cm³/mol. The van der Waals surface area contributed by atoms with Crippen LogP contribution < -0.4 is 10.6 Å². The van der Waals surface area contributed by atoms with Gasteiger partial charge in [-0.25, -0.2) is 14.0 Å². The zero-order chi connectivity index (χ0) is 13.8. The molecule has 0 atom stereocenters. The Bertz CT molecular complexity index is 501. The molecule has 2 rings (SSSR count). The van der Waals surface area contributed by atoms with Gasteiger partial charge in [-0.3, -0.25) is 0 Å². The van der Waals surface area contributed by atoms with E-state index in [4.69, 9.17) is 5.11 Å². The van der Waals surface area contributed by atoms with E-state index in [1.807, 2.05) is 0 Å². The molecule has 0 aromatic heterocycles. The Balaban J connectivity index is 1.89. The average molecular weight is 266 g/mol. The van der Waals surface area contributed by atoms with E-state index < -0.39 is 23.4 Å². The van der Waals surface area contributed by atoms with E-state index >= 15 is 0 Å². The van der Waals surface area contributed by atoms with Crippen molar-refractivity contribution in [3.63, 3.8) is 0 Å². The van der Waals surface area contributed by atoms with Gasteiger partial charge in [-0.15, -0.1) is 0 Å². The maximum atomic E-state index is 13.4. The van der Waals surface area contributed by atoms with Crippen LogP contribution in [0.2, 0.25) is 0 Å². The second-order valence-electron chi connectivity index (χ2n) is 4.63. The monoisotopic (exact) mass is 266 g/mol. The molecule has 102 valence electrons. The van der Waals surface area contributed by atoms with Gasteiger partial charge in [0, 0.05) is 12.2 Å². The summed E-state index contributed by atoms with van der Waals surface area (Å²) in [4.78, 5) is 22.2. The third-order valence-corrected chi connectivity index (χ3v) is 3.23. The number of hydrogen-bond acceptors (Lipinski definition) is 2. The van der Waals surface area contributed by atoms with Crippen LogP contribution in [0.15, 0.2) is 18.2 Å². The number of nitrogens with one attached hydrogen (secondary N) is 2. The van der Waals surface area contributed by atoms with Crippen LogP contribution in [-0.4, -0.2) is 23.7 Å². The second-order valence-corrected chi connectivity index (χ2v) is 4.63. The van der Waals surface area contributed by atoms with Crippen LogP contribution in [0.3, 0.4) is 0 Å². The average Bonchev–Trinajstić information content (AvgIpc) is 2.26. The number of carbonyl (C=O) groups is 2. The topological polar surface area (TPSA) is 78.4 Å². The fourth-order valence-corrected chi connectivity index (χ4v) is 1.88. The minimum atomic E-state index is -1.33. The molecule has 0 unspecified atom stereocenters. The van der Waals surface area contributed by atoms with Crippen LogP contribution in [0.4, 0.5) is 14.9 Å². The van der Waals surface area contributed by atoms with Gasteiger partial charge in [-0.1, -0.05) is 6.42 Å². The van der Waals surface area contributed by atoms with Gasteiger partial charge in [-0.05, 0) is 37.0 Å². The van der Waals surface area contributed by atoms with Gasteiger partial charge in [0.2, 0.25) is 0 Å². The highest BCUT2D eigenvalue weighted by Gasteiger charge is 2.18. The molecule has 0 heterocycles. The van der Waals surface area contributed by atoms with Crippen molar-refractivity contribution in [2.24, 2.45) is 5.92 Å². The smallest absolute Gasteiger partial charge is 0.338 e. The number of hydrogen-bond donors (Lipinski definition) is 3. The summed E-state index contributed by atoms with van der Waals surface area (Å²) in [7, 11) is 0. The van der Waals surface area contributed by atoms with Crippen LogP contribution in [0.25, 0.3) is 0 Å². The Labute approximate surface area is 109 Å². The first-order chi connectivity index (χ1) is 9.06. The summed E-state index contributed by atoms with van der Waals surface area (Å²) < 4.78 is 13.4. The summed E-state index contributed by atoms with van der Waals surface area (Å²) >= 11 is 0. The highest BCUT2D eigenvalue weighted by Crippen LogP contribution is 2.25. The first kappa shape index (κ1) is 13.3. The molecule has 1 aliphatic rings. The minimum Gasteiger partial charge on any atom is -0.478 e. The first-order valence-corrected chi connectivity index (χ1v) is 6.14. The molecule has 0 spiro atoms. The van der Waals surface area contributed by atoms with Gasteiger partial charge in [0.15, 0.2) is 0 Å². The maximum Gasteiger partial charge on any atom is 0.338 e. The Morgan fingerprint density at radius 3 is 2.63 bits per heavy atom. The van der Waals surface area contributed by atoms with Crippen LogP contribution in [0.1, 0.15) is 29.6 Å². The lowest BCUT2D eigenvalue weighted by atomic mass is 9.85. The molecular weight excluding hydrogens is 251 g/mol. The van der Waals surface area contributed by atoms with Gasteiger partial charge in [0.25, 0.3) is 0 Å². The lowest BCUT2D eigenvalue weighted by molar-refractivity contribution is 0.0692. The summed E-state index contributed by atoms with van der Waals surface area (Å²) in [5.74, 6) is -1.67. The minimum absolute atomic E-state index is 0.230. The lowest BCUT2D eigenvalue weighted by Crippen LogP contribution is -2.35. The molecule has 0 radical (unpaired) electrons. The quantitative estimate of drug-likeness (QED) is 0.783. The SMILES string of the molecule is O=C(NCC1CCC1)Nc1ccc(C(=O)O)c(F)c1. The standard InChI is InChI=1S/C13H15FN2O3/c14-11-6-9(4-5-10(11)12(17)18)16-13(19)15-7-8-2-1-3-8/h4-6,8H,1-3,7H2,(H,17,18)(H2,15,16,19). The zero-order valence-corrected chi connectivity index (χ0v) is 10.3. The number of carboxylic acids is 1. The molecule has 1 aromatic carbocycles. The highest BCUT2D eigenvalue weighted by molar-refractivity contribution is 5.91. The van der Waals surface area contributed by atoms with Crippen molar-refractivity contribution >= 4 is 17.7 Å². The Kier molecular flexibility index (Phi) is 3.99. The highest BCUT2D eigenvalue weighted by atomic mass is 19.1. The molecule has 0 saturated heterocycles. The van der Waals surface area contributed by atoms with E-state index in [1.165, 1.54) is 12.5 Å². The molecule has 3 N–H and O–H groups in total. The van der Waals surface area contributed by atoms with E-state index in [0.29, 0.717) is 12.5 Å². The van der Waals surface area contributed by atoms with Gasteiger partial charge in [-0.2, -0.15) is 0 Å². The van der Waals surface area contributed by atoms with Crippen LogP contribution in [-0.2, 0) is 0 Å². The fourth-order valence-electron chi connectivity index (χ4n) is 1.88.